The number of aromatic nitrogens is 4. The molecule has 428 valence electrons. The van der Waals surface area contributed by atoms with Crippen LogP contribution in [0.2, 0.25) is 0 Å². The van der Waals surface area contributed by atoms with Gasteiger partial charge in [0.2, 0.25) is 0 Å². The molecule has 0 atom stereocenters. The van der Waals surface area contributed by atoms with Crippen LogP contribution in [0.15, 0.2) is 158 Å². The van der Waals surface area contributed by atoms with E-state index < -0.39 is 52.2 Å². The number of anilines is 2. The molecule has 0 unspecified atom stereocenters. The molecular formula is C72H30F3N13O4. The summed E-state index contributed by atoms with van der Waals surface area (Å²) in [4.78, 5) is 76.0. The van der Waals surface area contributed by atoms with Crippen LogP contribution >= 0.6 is 0 Å². The van der Waals surface area contributed by atoms with Gasteiger partial charge in [-0.05, 0) is 140 Å². The van der Waals surface area contributed by atoms with Gasteiger partial charge < -0.3 is 0 Å². The number of amides is 4. The Balaban J connectivity index is 0.000000183. The Hall–Kier alpha value is -14.3. The van der Waals surface area contributed by atoms with E-state index in [9.17, 15) is 69.2 Å². The lowest BCUT2D eigenvalue weighted by Crippen LogP contribution is -2.43. The van der Waals surface area contributed by atoms with Crippen molar-refractivity contribution >= 4 is 79.0 Å². The van der Waals surface area contributed by atoms with Gasteiger partial charge in [0.15, 0.2) is 0 Å². The monoisotopic (exact) mass is 1200 g/mol. The van der Waals surface area contributed by atoms with Crippen LogP contribution in [0, 0.1) is 116 Å². The van der Waals surface area contributed by atoms with Crippen LogP contribution in [-0.4, -0.2) is 43.6 Å². The largest absolute Gasteiger partial charge is 0.268 e. The van der Waals surface area contributed by atoms with Gasteiger partial charge >= 0.3 is 0 Å². The Labute approximate surface area is 518 Å². The zero-order valence-corrected chi connectivity index (χ0v) is 47.2. The van der Waals surface area contributed by atoms with Gasteiger partial charge in [-0.3, -0.25) is 19.2 Å². The van der Waals surface area contributed by atoms with Crippen LogP contribution in [0.5, 0.6) is 0 Å². The molecule has 0 N–H and O–H groups in total. The van der Waals surface area contributed by atoms with Gasteiger partial charge in [0, 0.05) is 60.8 Å². The Morgan fingerprint density at radius 1 is 0.380 bits per heavy atom. The fraction of sp³-hybridized carbons (Fsp3) is 0.0139. The van der Waals surface area contributed by atoms with Crippen LogP contribution in [0.4, 0.5) is 24.5 Å². The van der Waals surface area contributed by atoms with Gasteiger partial charge in [0.05, 0.1) is 61.3 Å². The second-order valence-electron chi connectivity index (χ2n) is 20.5. The Kier molecular flexibility index (Phi) is 14.7. The van der Waals surface area contributed by atoms with E-state index in [2.05, 4.69) is 5.92 Å². The second kappa shape index (κ2) is 23.2. The molecule has 0 aliphatic carbocycles. The standard InChI is InChI=1S/C41H19F3N8.C31H11N5O4/c1-22-2-4-23(5-3-22)34-35(24-6-12-29(42)13-7-24)50-39-33(28(20-47)21-48)41-40(32(38(39)49-34)27(18-45)19-46)51-36(25-8-14-30(43)15-9-25)37(52-41)26-10-16-31(44)17-11-26;1-2-16-3-5-20(11-18(16)14-33)35-28(37)22-7-9-24-27-25(10-8-23(26(22)27)29(35)38)31(40)36(30(24)39)21-6-4-17(13-32)19(12-21)15-34/h2-17H,1H3;1,3-12H. The first-order valence-corrected chi connectivity index (χ1v) is 27.2. The number of nitriles is 7. The fourth-order valence-electron chi connectivity index (χ4n) is 11.0. The molecule has 0 fully saturated rings. The maximum absolute atomic E-state index is 14.1. The number of rotatable bonds is 6. The van der Waals surface area contributed by atoms with Gasteiger partial charge in [-0.1, -0.05) is 35.7 Å². The van der Waals surface area contributed by atoms with E-state index in [1.54, 1.807) is 0 Å². The predicted octanol–water partition coefficient (Wildman–Crippen LogP) is 11.4. The molecular weight excluding hydrogens is 1170 g/mol. The summed E-state index contributed by atoms with van der Waals surface area (Å²) in [5.41, 5.74) is 3.80. The highest BCUT2D eigenvalue weighted by Gasteiger charge is 2.41. The minimum absolute atomic E-state index is 0.00256. The zero-order chi connectivity index (χ0) is 64.8. The van der Waals surface area contributed by atoms with Crippen LogP contribution < -0.4 is 20.2 Å². The normalized spacial score (nSPS) is 11.9. The first-order valence-electron chi connectivity index (χ1n) is 27.2. The number of imide groups is 2. The molecule has 20 heteroatoms. The van der Waals surface area contributed by atoms with Gasteiger partial charge in [-0.15, -0.1) is 6.42 Å². The molecule has 2 aromatic heterocycles. The summed E-state index contributed by atoms with van der Waals surface area (Å²) in [6.07, 6.45) is 5.43. The maximum Gasteiger partial charge on any atom is 0.265 e. The van der Waals surface area contributed by atoms with E-state index in [1.165, 1.54) is 133 Å². The fourth-order valence-corrected chi connectivity index (χ4v) is 11.0. The van der Waals surface area contributed by atoms with E-state index in [-0.39, 0.29) is 111 Å². The van der Waals surface area contributed by atoms with Crippen LogP contribution in [0.3, 0.4) is 0 Å². The van der Waals surface area contributed by atoms with Crippen LogP contribution in [0.1, 0.15) is 69.2 Å². The number of carbonyl (C=O) groups is 4. The molecule has 92 heavy (non-hydrogen) atoms. The molecule has 11 aromatic rings. The maximum atomic E-state index is 14.1. The summed E-state index contributed by atoms with van der Waals surface area (Å²) in [6, 6.07) is 51.0. The number of nitrogens with zero attached hydrogens (tertiary/aromatic N) is 13. The lowest BCUT2D eigenvalue weighted by molar-refractivity contribution is 0.0873. The highest BCUT2D eigenvalue weighted by atomic mass is 19.1. The molecule has 9 aromatic carbocycles. The van der Waals surface area contributed by atoms with Crippen molar-refractivity contribution in [1.29, 1.82) is 36.8 Å². The summed E-state index contributed by atoms with van der Waals surface area (Å²) in [6.45, 7) is 1.91. The zero-order valence-electron chi connectivity index (χ0n) is 47.2. The molecule has 0 saturated carbocycles. The van der Waals surface area contributed by atoms with Gasteiger partial charge in [0.1, 0.15) is 93.1 Å². The molecule has 2 aliphatic rings. The summed E-state index contributed by atoms with van der Waals surface area (Å²) in [7, 11) is 0. The van der Waals surface area contributed by atoms with Crippen molar-refractivity contribution in [3.05, 3.63) is 236 Å². The van der Waals surface area contributed by atoms with Crippen molar-refractivity contribution in [2.45, 2.75) is 6.92 Å². The summed E-state index contributed by atoms with van der Waals surface area (Å²) in [5, 5.41) is 69.5. The first-order chi connectivity index (χ1) is 44.6. The third-order valence-electron chi connectivity index (χ3n) is 15.3. The number of fused-ring (bicyclic) bond motifs is 2. The molecule has 0 saturated heterocycles. The van der Waals surface area contributed by atoms with Crippen molar-refractivity contribution in [2.75, 3.05) is 9.80 Å². The third-order valence-corrected chi connectivity index (χ3v) is 15.3. The molecule has 0 bridgehead atoms. The van der Waals surface area contributed by atoms with Gasteiger partial charge in [-0.25, -0.2) is 42.9 Å². The number of aryl methyl sites for hydroxylation is 1. The van der Waals surface area contributed by atoms with Crippen molar-refractivity contribution in [2.24, 2.45) is 0 Å². The molecule has 4 heterocycles. The smallest absolute Gasteiger partial charge is 0.265 e. The number of hydrogen-bond acceptors (Lipinski definition) is 15. The average Bonchev–Trinajstić information content (AvgIpc) is 0.722. The third kappa shape index (κ3) is 9.61. The highest BCUT2D eigenvalue weighted by Crippen LogP contribution is 2.41. The number of benzene rings is 9. The van der Waals surface area contributed by atoms with E-state index in [4.69, 9.17) is 26.4 Å². The average molecular weight is 1200 g/mol. The number of halogens is 3. The van der Waals surface area contributed by atoms with Crippen molar-refractivity contribution in [3.63, 3.8) is 0 Å². The van der Waals surface area contributed by atoms with Crippen LogP contribution in [0.25, 0.3) is 89.0 Å². The molecule has 0 radical (unpaired) electrons. The van der Waals surface area contributed by atoms with Gasteiger partial charge in [-0.2, -0.15) is 36.8 Å². The SMILES string of the molecule is C#Cc1ccc(N2C(=O)c3ccc4c5c(ccc(c35)C2=O)C(=O)N(c2ccc(C#N)c(C#N)c2)C4=O)cc1C#N.Cc1ccc(-c2nc3c(=C(C#N)C#N)c4nc(-c5ccc(F)cc5)c(-c5ccc(F)cc5)nc4c(=C(C#N)C#N)c3nc2-c2ccc(F)cc2)cc1. The van der Waals surface area contributed by atoms with Crippen molar-refractivity contribution in [3.8, 4) is 99.9 Å². The minimum atomic E-state index is -0.708. The Morgan fingerprint density at radius 2 is 0.663 bits per heavy atom. The van der Waals surface area contributed by atoms with E-state index >= 15 is 0 Å². The van der Waals surface area contributed by atoms with Crippen LogP contribution in [-0.2, 0) is 0 Å². The Morgan fingerprint density at radius 3 is 0.946 bits per heavy atom. The number of hydrogen-bond donors (Lipinski definition) is 0. The second-order valence-corrected chi connectivity index (χ2v) is 20.5. The van der Waals surface area contributed by atoms with Crippen molar-refractivity contribution in [1.82, 2.24) is 19.9 Å². The molecule has 2 aliphatic heterocycles. The lowest BCUT2D eigenvalue weighted by atomic mass is 9.85. The summed E-state index contributed by atoms with van der Waals surface area (Å²) in [5.74, 6) is -1.93. The quantitative estimate of drug-likeness (QED) is 0.0849. The molecule has 13 rings (SSSR count). The van der Waals surface area contributed by atoms with E-state index in [0.717, 1.165) is 15.4 Å². The molecule has 4 amide bonds. The van der Waals surface area contributed by atoms with E-state index in [0.29, 0.717) is 33.5 Å². The summed E-state index contributed by atoms with van der Waals surface area (Å²) >= 11 is 0. The number of terminal acetylenes is 1. The molecule has 17 nitrogen and oxygen atoms in total. The molecule has 0 spiro atoms. The number of carbonyl (C=O) groups excluding carboxylic acids is 4. The minimum Gasteiger partial charge on any atom is -0.268 e. The topological polar surface area (TPSA) is 293 Å². The van der Waals surface area contributed by atoms with E-state index in [1.807, 2.05) is 73.7 Å². The predicted molar refractivity (Wildman–Crippen MR) is 329 cm³/mol. The lowest BCUT2D eigenvalue weighted by Gasteiger charge is -2.32. The van der Waals surface area contributed by atoms with Crippen molar-refractivity contribution < 1.29 is 32.3 Å². The Bertz CT molecular complexity index is 5080. The summed E-state index contributed by atoms with van der Waals surface area (Å²) < 4.78 is 42.3. The van der Waals surface area contributed by atoms with Gasteiger partial charge in [0.25, 0.3) is 23.6 Å². The first kappa shape index (κ1) is 58.1. The highest BCUT2D eigenvalue weighted by molar-refractivity contribution is 6.42.